The molecule has 6 heteroatoms. The molecule has 1 aliphatic carbocycles. The number of rotatable bonds is 4. The van der Waals surface area contributed by atoms with E-state index in [2.05, 4.69) is 12.0 Å². The van der Waals surface area contributed by atoms with Gasteiger partial charge >= 0.3 is 0 Å². The largest absolute Gasteiger partial charge is 0.326 e. The van der Waals surface area contributed by atoms with Gasteiger partial charge in [0.15, 0.2) is 9.84 Å². The minimum Gasteiger partial charge on any atom is -0.326 e. The van der Waals surface area contributed by atoms with Crippen LogP contribution >= 0.6 is 0 Å². The zero-order valence-corrected chi connectivity index (χ0v) is 12.4. The number of nitrogens with two attached hydrogens (primary N) is 1. The molecule has 1 aliphatic rings. The Hall–Kier alpha value is -0.880. The van der Waals surface area contributed by atoms with Crippen LogP contribution in [0.4, 0.5) is 0 Å². The van der Waals surface area contributed by atoms with Gasteiger partial charge < -0.3 is 5.73 Å². The maximum absolute atomic E-state index is 11.5. The first-order valence-corrected chi connectivity index (χ1v) is 8.80. The number of hydrogen-bond acceptors (Lipinski definition) is 4. The third-order valence-electron chi connectivity index (χ3n) is 4.02. The monoisotopic (exact) mass is 285 g/mol. The van der Waals surface area contributed by atoms with E-state index in [-0.39, 0.29) is 17.0 Å². The molecule has 108 valence electrons. The van der Waals surface area contributed by atoms with Gasteiger partial charge in [-0.25, -0.2) is 8.42 Å². The van der Waals surface area contributed by atoms with E-state index < -0.39 is 9.84 Å². The molecule has 2 rings (SSSR count). The van der Waals surface area contributed by atoms with E-state index in [0.29, 0.717) is 5.92 Å². The lowest BCUT2D eigenvalue weighted by Crippen LogP contribution is -2.38. The fraction of sp³-hybridized carbons (Fsp3) is 0.769. The van der Waals surface area contributed by atoms with Gasteiger partial charge in [-0.05, 0) is 25.2 Å². The van der Waals surface area contributed by atoms with E-state index in [1.54, 1.807) is 10.9 Å². The highest BCUT2D eigenvalue weighted by Crippen LogP contribution is 2.34. The Labute approximate surface area is 115 Å². The minimum atomic E-state index is -3.19. The topological polar surface area (TPSA) is 78.0 Å². The highest BCUT2D eigenvalue weighted by Gasteiger charge is 2.30. The van der Waals surface area contributed by atoms with Gasteiger partial charge in [0.05, 0.1) is 12.2 Å². The molecule has 0 radical (unpaired) electrons. The Kier molecular flexibility index (Phi) is 4.30. The molecule has 0 aromatic carbocycles. The van der Waals surface area contributed by atoms with Crippen molar-refractivity contribution in [2.45, 2.75) is 56.0 Å². The molecule has 0 amide bonds. The molecule has 3 atom stereocenters. The molecule has 0 saturated heterocycles. The molecule has 2 N–H and O–H groups in total. The zero-order valence-electron chi connectivity index (χ0n) is 11.6. The molecule has 3 unspecified atom stereocenters. The smallest absolute Gasteiger partial charge is 0.178 e. The van der Waals surface area contributed by atoms with Gasteiger partial charge in [0.1, 0.15) is 4.90 Å². The van der Waals surface area contributed by atoms with E-state index in [9.17, 15) is 8.42 Å². The molecular formula is C13H23N3O2S. The Morgan fingerprint density at radius 1 is 1.47 bits per heavy atom. The van der Waals surface area contributed by atoms with Crippen molar-refractivity contribution in [1.29, 1.82) is 0 Å². The average molecular weight is 285 g/mol. The second kappa shape index (κ2) is 5.63. The van der Waals surface area contributed by atoms with Crippen LogP contribution in [-0.2, 0) is 9.84 Å². The Morgan fingerprint density at radius 3 is 2.79 bits per heavy atom. The van der Waals surface area contributed by atoms with E-state index in [1.165, 1.54) is 31.7 Å². The van der Waals surface area contributed by atoms with Crippen molar-refractivity contribution in [2.75, 3.05) is 6.26 Å². The Balaban J connectivity index is 2.17. The van der Waals surface area contributed by atoms with Crippen LogP contribution < -0.4 is 5.73 Å². The lowest BCUT2D eigenvalue weighted by atomic mass is 9.80. The van der Waals surface area contributed by atoms with Crippen molar-refractivity contribution in [3.05, 3.63) is 12.4 Å². The summed E-state index contributed by atoms with van der Waals surface area (Å²) in [4.78, 5) is 0.275. The number of aromatic nitrogens is 2. The van der Waals surface area contributed by atoms with Gasteiger partial charge in [-0.3, -0.25) is 4.68 Å². The Morgan fingerprint density at radius 2 is 2.21 bits per heavy atom. The summed E-state index contributed by atoms with van der Waals surface area (Å²) in [5.74, 6) is 0.681. The normalized spacial score (nSPS) is 28.5. The summed E-state index contributed by atoms with van der Waals surface area (Å²) >= 11 is 0. The minimum absolute atomic E-state index is 0.0698. The Bertz CT molecular complexity index is 524. The van der Waals surface area contributed by atoms with Crippen molar-refractivity contribution >= 4 is 9.84 Å². The first kappa shape index (κ1) is 14.5. The van der Waals surface area contributed by atoms with E-state index in [4.69, 9.17) is 5.73 Å². The second-order valence-corrected chi connectivity index (χ2v) is 7.64. The third kappa shape index (κ3) is 3.36. The highest BCUT2D eigenvalue weighted by molar-refractivity contribution is 7.90. The molecule has 1 fully saturated rings. The van der Waals surface area contributed by atoms with Gasteiger partial charge in [0, 0.05) is 18.5 Å². The van der Waals surface area contributed by atoms with Crippen LogP contribution in [0.3, 0.4) is 0 Å². The summed E-state index contributed by atoms with van der Waals surface area (Å²) < 4.78 is 24.7. The number of nitrogens with zero attached hydrogens (tertiary/aromatic N) is 2. The summed E-state index contributed by atoms with van der Waals surface area (Å²) in [5.41, 5.74) is 6.18. The van der Waals surface area contributed by atoms with Crippen LogP contribution in [0.25, 0.3) is 0 Å². The molecular weight excluding hydrogens is 262 g/mol. The molecule has 1 heterocycles. The van der Waals surface area contributed by atoms with E-state index in [1.807, 2.05) is 0 Å². The van der Waals surface area contributed by atoms with Crippen LogP contribution in [-0.4, -0.2) is 30.5 Å². The van der Waals surface area contributed by atoms with Gasteiger partial charge in [-0.2, -0.15) is 5.10 Å². The summed E-state index contributed by atoms with van der Waals surface area (Å²) in [5, 5.41) is 4.21. The first-order chi connectivity index (χ1) is 8.91. The highest BCUT2D eigenvalue weighted by atomic mass is 32.2. The molecule has 0 bridgehead atoms. The van der Waals surface area contributed by atoms with Crippen LogP contribution in [0, 0.1) is 5.92 Å². The first-order valence-electron chi connectivity index (χ1n) is 6.91. The molecule has 1 aromatic heterocycles. The van der Waals surface area contributed by atoms with Gasteiger partial charge in [-0.1, -0.05) is 19.8 Å². The zero-order chi connectivity index (χ0) is 14.0. The van der Waals surface area contributed by atoms with Crippen LogP contribution in [0.5, 0.6) is 0 Å². The number of hydrogen-bond donors (Lipinski definition) is 1. The fourth-order valence-corrected chi connectivity index (χ4v) is 3.46. The maximum atomic E-state index is 11.5. The number of sulfone groups is 1. The summed E-state index contributed by atoms with van der Waals surface area (Å²) in [6, 6.07) is 0.196. The molecule has 1 saturated carbocycles. The summed E-state index contributed by atoms with van der Waals surface area (Å²) in [7, 11) is -3.19. The molecule has 0 spiro atoms. The molecule has 0 aliphatic heterocycles. The summed E-state index contributed by atoms with van der Waals surface area (Å²) in [6.45, 7) is 2.19. The average Bonchev–Trinajstić information content (AvgIpc) is 2.81. The van der Waals surface area contributed by atoms with Crippen molar-refractivity contribution in [3.63, 3.8) is 0 Å². The van der Waals surface area contributed by atoms with Crippen molar-refractivity contribution < 1.29 is 8.42 Å². The lowest BCUT2D eigenvalue weighted by molar-refractivity contribution is 0.212. The lowest BCUT2D eigenvalue weighted by Gasteiger charge is -2.34. The van der Waals surface area contributed by atoms with Gasteiger partial charge in [-0.15, -0.1) is 0 Å². The van der Waals surface area contributed by atoms with Gasteiger partial charge in [0.2, 0.25) is 0 Å². The fourth-order valence-electron chi connectivity index (χ4n) is 2.92. The van der Waals surface area contributed by atoms with Crippen LogP contribution in [0.1, 0.15) is 45.1 Å². The van der Waals surface area contributed by atoms with Crippen molar-refractivity contribution in [1.82, 2.24) is 9.78 Å². The third-order valence-corrected chi connectivity index (χ3v) is 5.09. The molecule has 1 aromatic rings. The summed E-state index contributed by atoms with van der Waals surface area (Å²) in [6.07, 6.45) is 9.80. The van der Waals surface area contributed by atoms with Crippen LogP contribution in [0.15, 0.2) is 17.3 Å². The van der Waals surface area contributed by atoms with E-state index in [0.717, 1.165) is 12.8 Å². The second-order valence-electron chi connectivity index (χ2n) is 5.63. The molecule has 5 nitrogen and oxygen atoms in total. The van der Waals surface area contributed by atoms with Crippen molar-refractivity contribution in [2.24, 2.45) is 11.7 Å². The van der Waals surface area contributed by atoms with Gasteiger partial charge in [0.25, 0.3) is 0 Å². The molecule has 19 heavy (non-hydrogen) atoms. The van der Waals surface area contributed by atoms with Crippen LogP contribution in [0.2, 0.25) is 0 Å². The maximum Gasteiger partial charge on any atom is 0.178 e. The van der Waals surface area contributed by atoms with E-state index >= 15 is 0 Å². The SMILES string of the molecule is CCCC1CCC(N)C(n2cc(S(C)(=O)=O)cn2)C1. The quantitative estimate of drug-likeness (QED) is 0.914. The predicted octanol–water partition coefficient (Wildman–Crippen LogP) is 1.76. The van der Waals surface area contributed by atoms with Crippen molar-refractivity contribution in [3.8, 4) is 0 Å². The predicted molar refractivity (Wildman–Crippen MR) is 74.6 cm³/mol. The standard InChI is InChI=1S/C13H23N3O2S/c1-3-4-10-5-6-12(14)13(7-10)16-9-11(8-15-16)19(2,17)18/h8-10,12-13H,3-7,14H2,1-2H3.